The van der Waals surface area contributed by atoms with Crippen molar-refractivity contribution in [2.75, 3.05) is 0 Å². The Morgan fingerprint density at radius 2 is 2.00 bits per heavy atom. The number of carboxylic acid groups (broad SMARTS) is 1. The Bertz CT molecular complexity index is 987. The average molecular weight is 347 g/mol. The summed E-state index contributed by atoms with van der Waals surface area (Å²) in [5.74, 6) is -0.682. The first kappa shape index (κ1) is 15.5. The molecule has 0 spiro atoms. The van der Waals surface area contributed by atoms with Crippen LogP contribution < -0.4 is 5.56 Å². The first-order chi connectivity index (χ1) is 11.0. The number of aromatic amines is 1. The molecule has 2 aromatic heterocycles. The Morgan fingerprint density at radius 3 is 2.65 bits per heavy atom. The number of halogens is 1. The van der Waals surface area contributed by atoms with Gasteiger partial charge in [0.05, 0.1) is 5.39 Å². The van der Waals surface area contributed by atoms with Crippen molar-refractivity contribution in [2.24, 2.45) is 0 Å². The number of aromatic nitrogens is 2. The van der Waals surface area contributed by atoms with Crippen LogP contribution in [0.15, 0.2) is 29.1 Å². The molecule has 0 saturated heterocycles. The lowest BCUT2D eigenvalue weighted by molar-refractivity contribution is 0.0701. The normalized spacial score (nSPS) is 11.4. The number of carboxylic acids is 1. The zero-order valence-corrected chi connectivity index (χ0v) is 13.5. The van der Waals surface area contributed by atoms with Gasteiger partial charge in [0.2, 0.25) is 0 Å². The fraction of sp³-hybridized carbons (Fsp3) is 0.0625. The van der Waals surface area contributed by atoms with Crippen LogP contribution in [0.3, 0.4) is 0 Å². The number of benzene rings is 1. The first-order valence-corrected chi connectivity index (χ1v) is 7.85. The van der Waals surface area contributed by atoms with E-state index in [1.807, 2.05) is 12.1 Å². The summed E-state index contributed by atoms with van der Waals surface area (Å²) in [5, 5.41) is 10.1. The highest BCUT2D eigenvalue weighted by atomic mass is 35.5. The summed E-state index contributed by atoms with van der Waals surface area (Å²) in [6, 6.07) is 7.21. The van der Waals surface area contributed by atoms with Gasteiger partial charge in [-0.05, 0) is 36.3 Å². The van der Waals surface area contributed by atoms with Gasteiger partial charge in [-0.2, -0.15) is 0 Å². The average Bonchev–Trinajstić information content (AvgIpc) is 2.84. The van der Waals surface area contributed by atoms with Gasteiger partial charge in [-0.25, -0.2) is 9.78 Å². The fourth-order valence-corrected chi connectivity index (χ4v) is 3.35. The minimum Gasteiger partial charge on any atom is -0.477 e. The van der Waals surface area contributed by atoms with Crippen LogP contribution in [0.2, 0.25) is 5.02 Å². The molecule has 1 aromatic carbocycles. The van der Waals surface area contributed by atoms with Crippen LogP contribution in [-0.2, 0) is 0 Å². The minimum absolute atomic E-state index is 0.136. The Morgan fingerprint density at radius 1 is 1.30 bits per heavy atom. The van der Waals surface area contributed by atoms with Crippen LogP contribution in [-0.4, -0.2) is 21.0 Å². The van der Waals surface area contributed by atoms with Crippen molar-refractivity contribution >= 4 is 51.3 Å². The number of fused-ring (bicyclic) bond motifs is 1. The number of thiophene rings is 1. The van der Waals surface area contributed by atoms with Crippen molar-refractivity contribution < 1.29 is 9.90 Å². The van der Waals surface area contributed by atoms with Gasteiger partial charge in [-0.3, -0.25) is 4.79 Å². The highest BCUT2D eigenvalue weighted by Crippen LogP contribution is 2.27. The summed E-state index contributed by atoms with van der Waals surface area (Å²) >= 11 is 6.83. The quantitative estimate of drug-likeness (QED) is 0.755. The van der Waals surface area contributed by atoms with E-state index in [1.54, 1.807) is 31.2 Å². The summed E-state index contributed by atoms with van der Waals surface area (Å²) in [5.41, 5.74) is 1.01. The van der Waals surface area contributed by atoms with E-state index in [4.69, 9.17) is 16.7 Å². The maximum Gasteiger partial charge on any atom is 0.346 e. The third kappa shape index (κ3) is 3.04. The standard InChI is InChI=1S/C16H11ClN2O3S/c1-8-12-14(20)18-11(19-15(12)23-13(8)16(21)22)7-4-9-2-5-10(17)6-3-9/h2-7H,1H3,(H,21,22)(H,18,19,20)/b7-4+. The second-order valence-electron chi connectivity index (χ2n) is 4.88. The molecule has 0 aliphatic heterocycles. The Balaban J connectivity index is 2.04. The van der Waals surface area contributed by atoms with Gasteiger partial charge in [0, 0.05) is 5.02 Å². The Hall–Kier alpha value is -2.44. The molecular weight excluding hydrogens is 336 g/mol. The van der Waals surface area contributed by atoms with Crippen LogP contribution in [0.4, 0.5) is 0 Å². The number of nitrogens with one attached hydrogen (secondary N) is 1. The van der Waals surface area contributed by atoms with Crippen LogP contribution in [0.5, 0.6) is 0 Å². The largest absolute Gasteiger partial charge is 0.477 e. The van der Waals surface area contributed by atoms with E-state index >= 15 is 0 Å². The van der Waals surface area contributed by atoms with Gasteiger partial charge in [0.1, 0.15) is 15.5 Å². The van der Waals surface area contributed by atoms with Crippen LogP contribution in [0, 0.1) is 6.92 Å². The SMILES string of the molecule is Cc1c(C(=O)O)sc2nc(/C=C/c3ccc(Cl)cc3)[nH]c(=O)c12. The predicted molar refractivity (Wildman–Crippen MR) is 92.3 cm³/mol. The summed E-state index contributed by atoms with van der Waals surface area (Å²) in [4.78, 5) is 30.9. The zero-order valence-electron chi connectivity index (χ0n) is 12.0. The molecule has 0 radical (unpaired) electrons. The van der Waals surface area contributed by atoms with Crippen molar-refractivity contribution in [3.8, 4) is 0 Å². The van der Waals surface area contributed by atoms with Gasteiger partial charge < -0.3 is 10.1 Å². The molecule has 3 rings (SSSR count). The summed E-state index contributed by atoms with van der Waals surface area (Å²) in [7, 11) is 0. The maximum absolute atomic E-state index is 12.2. The molecule has 3 aromatic rings. The van der Waals surface area contributed by atoms with Crippen molar-refractivity contribution in [3.05, 3.63) is 61.5 Å². The second kappa shape index (κ2) is 5.98. The maximum atomic E-state index is 12.2. The molecule has 2 heterocycles. The lowest BCUT2D eigenvalue weighted by atomic mass is 10.2. The van der Waals surface area contributed by atoms with Gasteiger partial charge in [-0.1, -0.05) is 29.8 Å². The van der Waals surface area contributed by atoms with Crippen molar-refractivity contribution in [1.29, 1.82) is 0 Å². The summed E-state index contributed by atoms with van der Waals surface area (Å²) in [6.07, 6.45) is 3.46. The van der Waals surface area contributed by atoms with Crippen molar-refractivity contribution in [1.82, 2.24) is 9.97 Å². The molecule has 7 heteroatoms. The summed E-state index contributed by atoms with van der Waals surface area (Å²) < 4.78 is 0. The number of aromatic carboxylic acids is 1. The van der Waals surface area contributed by atoms with Gasteiger partial charge in [0.15, 0.2) is 0 Å². The third-order valence-electron chi connectivity index (χ3n) is 3.32. The van der Waals surface area contributed by atoms with Crippen LogP contribution in [0.1, 0.15) is 26.6 Å². The number of rotatable bonds is 3. The van der Waals surface area contributed by atoms with E-state index in [0.29, 0.717) is 26.6 Å². The molecular formula is C16H11ClN2O3S. The van der Waals surface area contributed by atoms with Crippen LogP contribution in [0.25, 0.3) is 22.4 Å². The van der Waals surface area contributed by atoms with E-state index in [1.165, 1.54) is 0 Å². The number of nitrogens with zero attached hydrogens (tertiary/aromatic N) is 1. The molecule has 0 unspecified atom stereocenters. The molecule has 5 nitrogen and oxygen atoms in total. The molecule has 0 aliphatic rings. The lowest BCUT2D eigenvalue weighted by Crippen LogP contribution is -2.09. The first-order valence-electron chi connectivity index (χ1n) is 6.66. The van der Waals surface area contributed by atoms with E-state index < -0.39 is 5.97 Å². The molecule has 116 valence electrons. The highest BCUT2D eigenvalue weighted by molar-refractivity contribution is 7.20. The van der Waals surface area contributed by atoms with Crippen molar-refractivity contribution in [3.63, 3.8) is 0 Å². The molecule has 2 N–H and O–H groups in total. The molecule has 0 bridgehead atoms. The molecule has 23 heavy (non-hydrogen) atoms. The van der Waals surface area contributed by atoms with E-state index in [9.17, 15) is 9.59 Å². The van der Waals surface area contributed by atoms with E-state index in [0.717, 1.165) is 16.9 Å². The topological polar surface area (TPSA) is 83.0 Å². The highest BCUT2D eigenvalue weighted by Gasteiger charge is 2.18. The van der Waals surface area contributed by atoms with Crippen molar-refractivity contribution in [2.45, 2.75) is 6.92 Å². The number of carbonyl (C=O) groups is 1. The number of H-pyrrole nitrogens is 1. The minimum atomic E-state index is -1.05. The fourth-order valence-electron chi connectivity index (χ4n) is 2.19. The van der Waals surface area contributed by atoms with Gasteiger partial charge in [0.25, 0.3) is 5.56 Å². The molecule has 0 fully saturated rings. The number of hydrogen-bond donors (Lipinski definition) is 2. The third-order valence-corrected chi connectivity index (χ3v) is 4.74. The number of aryl methyl sites for hydroxylation is 1. The molecule has 0 saturated carbocycles. The second-order valence-corrected chi connectivity index (χ2v) is 6.31. The van der Waals surface area contributed by atoms with Gasteiger partial charge >= 0.3 is 5.97 Å². The monoisotopic (exact) mass is 346 g/mol. The van der Waals surface area contributed by atoms with Gasteiger partial charge in [-0.15, -0.1) is 11.3 Å². The Labute approximate surface area is 139 Å². The Kier molecular flexibility index (Phi) is 4.02. The smallest absolute Gasteiger partial charge is 0.346 e. The molecule has 0 aliphatic carbocycles. The predicted octanol–water partition coefficient (Wildman–Crippen LogP) is 3.82. The molecule has 0 amide bonds. The number of hydrogen-bond acceptors (Lipinski definition) is 4. The molecule has 0 atom stereocenters. The summed E-state index contributed by atoms with van der Waals surface area (Å²) in [6.45, 7) is 1.61. The van der Waals surface area contributed by atoms with Crippen LogP contribution >= 0.6 is 22.9 Å². The lowest BCUT2D eigenvalue weighted by Gasteiger charge is -1.96. The zero-order chi connectivity index (χ0) is 16.6. The van der Waals surface area contributed by atoms with E-state index in [2.05, 4.69) is 9.97 Å². The van der Waals surface area contributed by atoms with E-state index in [-0.39, 0.29) is 10.4 Å².